The van der Waals surface area contributed by atoms with Crippen LogP contribution in [0.2, 0.25) is 0 Å². The molecule has 0 heterocycles. The Morgan fingerprint density at radius 3 is 0.947 bits per heavy atom. The second-order valence-electron chi connectivity index (χ2n) is 2.52. The summed E-state index contributed by atoms with van der Waals surface area (Å²) in [6.07, 6.45) is 0. The van der Waals surface area contributed by atoms with Crippen LogP contribution in [0.1, 0.15) is 0 Å². The zero-order valence-electron chi connectivity index (χ0n) is 9.03. The van der Waals surface area contributed by atoms with Crippen LogP contribution in [-0.2, 0) is 20.2 Å². The van der Waals surface area contributed by atoms with E-state index in [2.05, 4.69) is 0 Å². The van der Waals surface area contributed by atoms with Crippen LogP contribution in [0.4, 0.5) is 26.3 Å². The maximum Gasteiger partial charge on any atom is 1.00 e. The van der Waals surface area contributed by atoms with Gasteiger partial charge in [0.15, 0.2) is 20.2 Å². The topological polar surface area (TPSA) is 114 Å². The maximum absolute atomic E-state index is 12.3. The van der Waals surface area contributed by atoms with Crippen molar-refractivity contribution in [3.63, 3.8) is 0 Å². The molecule has 0 aliphatic rings. The first-order chi connectivity index (χ1) is 7.00. The molecule has 0 unspecified atom stereocenters. The molecule has 104 valence electrons. The molecule has 0 bridgehead atoms. The van der Waals surface area contributed by atoms with E-state index in [1.807, 2.05) is 0 Å². The summed E-state index contributed by atoms with van der Waals surface area (Å²) in [4.78, 5) is 0. The van der Waals surface area contributed by atoms with Crippen molar-refractivity contribution in [3.05, 3.63) is 0 Å². The third kappa shape index (κ3) is 4.31. The first kappa shape index (κ1) is 25.6. The van der Waals surface area contributed by atoms with Gasteiger partial charge in [-0.15, -0.1) is 0 Å². The largest absolute Gasteiger partial charge is 1.00 e. The first-order valence-electron chi connectivity index (χ1n) is 3.04. The average Bonchev–Trinajstić information content (AvgIpc) is 1.98. The van der Waals surface area contributed by atoms with Crippen LogP contribution in [0.25, 0.3) is 0 Å². The Bertz CT molecular complexity index is 469. The molecule has 0 atom stereocenters. The molecule has 0 radical (unpaired) electrons. The summed E-state index contributed by atoms with van der Waals surface area (Å²) in [5.41, 5.74) is 0. The second-order valence-corrected chi connectivity index (χ2v) is 5.36. The molecule has 0 saturated heterocycles. The van der Waals surface area contributed by atoms with Crippen LogP contribution in [0.5, 0.6) is 0 Å². The van der Waals surface area contributed by atoms with Gasteiger partial charge in [-0.3, -0.25) is 0 Å². The van der Waals surface area contributed by atoms with Gasteiger partial charge in [-0.05, 0) is 0 Å². The van der Waals surface area contributed by atoms with Crippen molar-refractivity contribution < 1.29 is 123 Å². The first-order valence-corrected chi connectivity index (χ1v) is 5.86. The molecule has 0 aromatic carbocycles. The van der Waals surface area contributed by atoms with Gasteiger partial charge in [-0.25, -0.2) is 16.8 Å². The van der Waals surface area contributed by atoms with Crippen molar-refractivity contribution in [1.29, 1.82) is 0 Å². The van der Waals surface area contributed by atoms with E-state index >= 15 is 0 Å². The van der Waals surface area contributed by atoms with E-state index in [-0.39, 0.29) is 70.2 Å². The normalized spacial score (nSPS) is 14.3. The van der Waals surface area contributed by atoms with E-state index in [4.69, 9.17) is 0 Å². The Morgan fingerprint density at radius 2 is 0.842 bits per heavy atom. The van der Waals surface area contributed by atoms with Crippen LogP contribution >= 0.6 is 0 Å². The van der Waals surface area contributed by atoms with Crippen molar-refractivity contribution >= 4 is 20.2 Å². The molecular formula is C3F6KLiO6S2. The summed E-state index contributed by atoms with van der Waals surface area (Å²) in [7, 11) is -14.6. The van der Waals surface area contributed by atoms with Gasteiger partial charge in [0.2, 0.25) is 0 Å². The van der Waals surface area contributed by atoms with Crippen molar-refractivity contribution in [2.24, 2.45) is 0 Å². The van der Waals surface area contributed by atoms with Gasteiger partial charge in [0.25, 0.3) is 0 Å². The molecule has 0 aliphatic heterocycles. The SMILES string of the molecule is O=S(=O)([O-])C(F)(F)C(F)(F)C(F)(F)S(=O)(=O)[O-].[K+].[Li+]. The van der Waals surface area contributed by atoms with E-state index in [0.717, 1.165) is 0 Å². The quantitative estimate of drug-likeness (QED) is 0.281. The third-order valence-electron chi connectivity index (χ3n) is 1.36. The van der Waals surface area contributed by atoms with Gasteiger partial charge in [-0.1, -0.05) is 0 Å². The Kier molecular flexibility index (Phi) is 9.17. The zero-order chi connectivity index (χ0) is 14.5. The predicted octanol–water partition coefficient (Wildman–Crippen LogP) is -6.09. The molecule has 0 aromatic heterocycles. The molecule has 0 fully saturated rings. The standard InChI is InChI=1S/C3H2F6O6S2.K.Li/c4-1(5,2(6,7)16(10,11)12)3(8,9)17(13,14)15;;/h(H,10,11,12)(H,13,14,15);;/q;2*+1/p-2. The fourth-order valence-electron chi connectivity index (χ4n) is 0.483. The summed E-state index contributed by atoms with van der Waals surface area (Å²) in [5, 5.41) is -13.9. The van der Waals surface area contributed by atoms with Crippen molar-refractivity contribution in [2.45, 2.75) is 16.4 Å². The monoisotopic (exact) mass is 356 g/mol. The number of halogens is 6. The second kappa shape index (κ2) is 6.81. The average molecular weight is 356 g/mol. The minimum Gasteiger partial charge on any atom is -0.743 e. The molecule has 0 aliphatic carbocycles. The molecule has 16 heteroatoms. The van der Waals surface area contributed by atoms with E-state index in [0.29, 0.717) is 0 Å². The van der Waals surface area contributed by atoms with E-state index in [1.54, 1.807) is 0 Å². The van der Waals surface area contributed by atoms with Crippen molar-refractivity contribution in [3.8, 4) is 0 Å². The Labute approximate surface area is 157 Å². The molecule has 0 N–H and O–H groups in total. The molecule has 19 heavy (non-hydrogen) atoms. The van der Waals surface area contributed by atoms with Crippen LogP contribution in [0.3, 0.4) is 0 Å². The Morgan fingerprint density at radius 1 is 0.684 bits per heavy atom. The molecule has 0 rings (SSSR count). The number of alkyl halides is 6. The smallest absolute Gasteiger partial charge is 0.743 e. The Hall–Kier alpha value is 1.63. The molecule has 6 nitrogen and oxygen atoms in total. The molecular weight excluding hydrogens is 356 g/mol. The van der Waals surface area contributed by atoms with Crippen LogP contribution in [0, 0.1) is 0 Å². The van der Waals surface area contributed by atoms with Crippen molar-refractivity contribution in [2.75, 3.05) is 0 Å². The Balaban J connectivity index is -0.00000128. The van der Waals surface area contributed by atoms with E-state index in [1.165, 1.54) is 0 Å². The zero-order valence-corrected chi connectivity index (χ0v) is 13.8. The van der Waals surface area contributed by atoms with Crippen LogP contribution in [0.15, 0.2) is 0 Å². The van der Waals surface area contributed by atoms with Gasteiger partial charge in [0.1, 0.15) is 0 Å². The summed E-state index contributed by atoms with van der Waals surface area (Å²) < 4.78 is 131. The minimum atomic E-state index is -7.32. The molecule has 0 saturated carbocycles. The van der Waals surface area contributed by atoms with Gasteiger partial charge in [0, 0.05) is 0 Å². The maximum atomic E-state index is 12.3. The molecule has 0 aromatic rings. The minimum absolute atomic E-state index is 0. The van der Waals surface area contributed by atoms with E-state index in [9.17, 15) is 52.3 Å². The number of hydrogen-bond acceptors (Lipinski definition) is 6. The van der Waals surface area contributed by atoms with Crippen molar-refractivity contribution in [1.82, 2.24) is 0 Å². The van der Waals surface area contributed by atoms with Gasteiger partial charge in [-0.2, -0.15) is 26.3 Å². The van der Waals surface area contributed by atoms with Crippen LogP contribution < -0.4 is 70.2 Å². The van der Waals surface area contributed by atoms with Crippen LogP contribution in [-0.4, -0.2) is 42.4 Å². The fraction of sp³-hybridized carbons (Fsp3) is 1.00. The number of rotatable bonds is 4. The predicted molar refractivity (Wildman–Crippen MR) is 34.2 cm³/mol. The van der Waals surface area contributed by atoms with Gasteiger partial charge < -0.3 is 9.11 Å². The summed E-state index contributed by atoms with van der Waals surface area (Å²) >= 11 is 0. The fourth-order valence-corrected chi connectivity index (χ4v) is 1.43. The van der Waals surface area contributed by atoms with E-state index < -0.39 is 36.7 Å². The number of hydrogen-bond donors (Lipinski definition) is 0. The summed E-state index contributed by atoms with van der Waals surface area (Å²) in [6, 6.07) is 0. The molecule has 0 spiro atoms. The van der Waals surface area contributed by atoms with Gasteiger partial charge >= 0.3 is 86.7 Å². The summed E-state index contributed by atoms with van der Waals surface area (Å²) in [6.45, 7) is 0. The summed E-state index contributed by atoms with van der Waals surface area (Å²) in [5.74, 6) is -7.21. The third-order valence-corrected chi connectivity index (χ3v) is 3.13. The molecule has 0 amide bonds. The van der Waals surface area contributed by atoms with Gasteiger partial charge in [0.05, 0.1) is 0 Å².